The Bertz CT molecular complexity index is 506. The molecule has 0 heterocycles. The average Bonchev–Trinajstić information content (AvgIpc) is 2.14. The van der Waals surface area contributed by atoms with Gasteiger partial charge in [0.15, 0.2) is 0 Å². The molecule has 0 saturated carbocycles. The summed E-state index contributed by atoms with van der Waals surface area (Å²) in [5, 5.41) is 7.84. The van der Waals surface area contributed by atoms with Gasteiger partial charge in [0.2, 0.25) is 0 Å². The molecule has 1 N–H and O–H groups in total. The number of hydrogen-bond donors (Lipinski definition) is 1. The minimum absolute atomic E-state index is 0. The van der Waals surface area contributed by atoms with Crippen LogP contribution < -0.4 is 9.79 Å². The van der Waals surface area contributed by atoms with Gasteiger partial charge in [-0.3, -0.25) is 0 Å². The molecule has 0 radical (unpaired) electrons. The third-order valence-corrected chi connectivity index (χ3v) is 6.29. The Labute approximate surface area is 157 Å². The molecule has 21 heavy (non-hydrogen) atoms. The van der Waals surface area contributed by atoms with Crippen LogP contribution in [0, 0.1) is 10.8 Å². The summed E-state index contributed by atoms with van der Waals surface area (Å²) >= 11 is 0. The van der Waals surface area contributed by atoms with Crippen LogP contribution in [0.4, 0.5) is 0 Å². The first-order chi connectivity index (χ1) is 8.75. The Morgan fingerprint density at radius 2 is 1.24 bits per heavy atom. The van der Waals surface area contributed by atoms with E-state index >= 15 is 0 Å². The van der Waals surface area contributed by atoms with Gasteiger partial charge in [0.1, 0.15) is 5.75 Å². The van der Waals surface area contributed by atoms with Gasteiger partial charge in [0.25, 0.3) is 0 Å². The number of benzene rings is 1. The van der Waals surface area contributed by atoms with Crippen LogP contribution in [-0.4, -0.2) is 42.8 Å². The fourth-order valence-electron chi connectivity index (χ4n) is 3.67. The second-order valence-corrected chi connectivity index (χ2v) is 8.92. The summed E-state index contributed by atoms with van der Waals surface area (Å²) in [7, 11) is -4.97. The van der Waals surface area contributed by atoms with E-state index in [1.807, 2.05) is 0 Å². The van der Waals surface area contributed by atoms with Gasteiger partial charge < -0.3 is 19.5 Å². The summed E-state index contributed by atoms with van der Waals surface area (Å²) in [4.78, 5) is 24.5. The van der Waals surface area contributed by atoms with Crippen LogP contribution in [0.5, 0.6) is 5.75 Å². The zero-order chi connectivity index (χ0) is 16.0. The molecule has 0 fully saturated rings. The molecule has 6 heteroatoms. The second kappa shape index (κ2) is 6.51. The monoisotopic (exact) mass is 338 g/mol. The van der Waals surface area contributed by atoms with E-state index in [4.69, 9.17) is 0 Å². The SMILES string of the molecule is CC(C)(C)C(c1ccc(O)cc1)(C(C)(C)C)P(=O)([O-])[O-].[Ca+2]. The summed E-state index contributed by atoms with van der Waals surface area (Å²) in [6.45, 7) is 10.5. The number of aromatic hydroxyl groups is 1. The van der Waals surface area contributed by atoms with Crippen molar-refractivity contribution in [3.63, 3.8) is 0 Å². The first kappa shape index (κ1) is 21.4. The summed E-state index contributed by atoms with van der Waals surface area (Å²) in [6.07, 6.45) is 0. The maximum atomic E-state index is 12.2. The Balaban J connectivity index is 0.00000400. The van der Waals surface area contributed by atoms with Crippen molar-refractivity contribution >= 4 is 45.3 Å². The molecule has 1 rings (SSSR count). The molecule has 0 aliphatic carbocycles. The summed E-state index contributed by atoms with van der Waals surface area (Å²) < 4.78 is 12.2. The fraction of sp³-hybridized carbons (Fsp3) is 0.600. The number of phenolic OH excluding ortho intramolecular Hbond substituents is 1. The van der Waals surface area contributed by atoms with Crippen LogP contribution >= 0.6 is 7.60 Å². The smallest absolute Gasteiger partial charge is 0.810 e. The zero-order valence-electron chi connectivity index (χ0n) is 13.6. The number of hydrogen-bond acceptors (Lipinski definition) is 4. The number of phenols is 1. The zero-order valence-corrected chi connectivity index (χ0v) is 16.7. The van der Waals surface area contributed by atoms with E-state index in [0.717, 1.165) is 0 Å². The molecule has 0 aliphatic rings. The average molecular weight is 338 g/mol. The molecule has 0 spiro atoms. The molecule has 4 nitrogen and oxygen atoms in total. The largest absolute Gasteiger partial charge is 2.00 e. The van der Waals surface area contributed by atoms with Gasteiger partial charge in [-0.2, -0.15) is 0 Å². The third kappa shape index (κ3) is 3.68. The van der Waals surface area contributed by atoms with Crippen molar-refractivity contribution in [1.29, 1.82) is 0 Å². The van der Waals surface area contributed by atoms with Gasteiger partial charge in [-0.15, -0.1) is 0 Å². The molecular formula is C15H23CaO4P. The molecule has 0 saturated heterocycles. The predicted molar refractivity (Wildman–Crippen MR) is 82.1 cm³/mol. The van der Waals surface area contributed by atoms with Crippen molar-refractivity contribution in [1.82, 2.24) is 0 Å². The van der Waals surface area contributed by atoms with E-state index < -0.39 is 23.6 Å². The maximum absolute atomic E-state index is 12.2. The van der Waals surface area contributed by atoms with Crippen LogP contribution in [0.3, 0.4) is 0 Å². The first-order valence-electron chi connectivity index (χ1n) is 6.57. The van der Waals surface area contributed by atoms with Crippen molar-refractivity contribution in [3.05, 3.63) is 29.8 Å². The van der Waals surface area contributed by atoms with Crippen LogP contribution in [-0.2, 0) is 9.72 Å². The van der Waals surface area contributed by atoms with Gasteiger partial charge >= 0.3 is 37.7 Å². The first-order valence-corrected chi connectivity index (χ1v) is 8.11. The van der Waals surface area contributed by atoms with E-state index in [1.54, 1.807) is 41.5 Å². The summed E-state index contributed by atoms with van der Waals surface area (Å²) in [5.41, 5.74) is -1.16. The van der Waals surface area contributed by atoms with Crippen molar-refractivity contribution in [2.45, 2.75) is 46.7 Å². The van der Waals surface area contributed by atoms with Crippen LogP contribution in [0.1, 0.15) is 47.1 Å². The fourth-order valence-corrected chi connectivity index (χ4v) is 5.78. The van der Waals surface area contributed by atoms with Gasteiger partial charge in [-0.1, -0.05) is 61.3 Å². The molecule has 0 atom stereocenters. The normalized spacial score (nSPS) is 13.7. The van der Waals surface area contributed by atoms with Gasteiger partial charge in [0, 0.05) is 5.16 Å². The van der Waals surface area contributed by atoms with E-state index in [0.29, 0.717) is 5.56 Å². The Morgan fingerprint density at radius 1 is 0.905 bits per heavy atom. The molecule has 0 amide bonds. The van der Waals surface area contributed by atoms with E-state index in [9.17, 15) is 19.5 Å². The Morgan fingerprint density at radius 3 is 1.48 bits per heavy atom. The van der Waals surface area contributed by atoms with Gasteiger partial charge in [-0.25, -0.2) is 0 Å². The molecule has 0 aliphatic heterocycles. The Hall–Kier alpha value is 0.430. The number of rotatable bonds is 2. The summed E-state index contributed by atoms with van der Waals surface area (Å²) in [6, 6.07) is 5.87. The topological polar surface area (TPSA) is 83.4 Å². The van der Waals surface area contributed by atoms with Gasteiger partial charge in [-0.05, 0) is 28.5 Å². The van der Waals surface area contributed by atoms with Gasteiger partial charge in [0.05, 0.1) is 0 Å². The molecule has 0 aromatic heterocycles. The van der Waals surface area contributed by atoms with Crippen molar-refractivity contribution in [3.8, 4) is 5.75 Å². The van der Waals surface area contributed by atoms with E-state index in [2.05, 4.69) is 0 Å². The molecule has 1 aromatic carbocycles. The molecule has 114 valence electrons. The minimum Gasteiger partial charge on any atom is -0.810 e. The van der Waals surface area contributed by atoms with Crippen LogP contribution in [0.15, 0.2) is 24.3 Å². The quantitative estimate of drug-likeness (QED) is 0.662. The summed E-state index contributed by atoms with van der Waals surface area (Å²) in [5.74, 6) is 0.0390. The standard InChI is InChI=1S/C15H25O4P.Ca/c1-13(2,3)15(14(4,5)6,20(17,18)19)11-7-9-12(16)10-8-11;/h7-10,16H,1-6H3,(H2,17,18,19);/q;+2/p-2. The Kier molecular flexibility index (Phi) is 6.64. The molecule has 0 unspecified atom stereocenters. The van der Waals surface area contributed by atoms with Crippen molar-refractivity contribution in [2.24, 2.45) is 10.8 Å². The third-order valence-electron chi connectivity index (χ3n) is 3.87. The molecule has 0 bridgehead atoms. The van der Waals surface area contributed by atoms with Crippen molar-refractivity contribution in [2.75, 3.05) is 0 Å². The van der Waals surface area contributed by atoms with E-state index in [-0.39, 0.29) is 43.5 Å². The van der Waals surface area contributed by atoms with Crippen LogP contribution in [0.25, 0.3) is 0 Å². The van der Waals surface area contributed by atoms with Crippen molar-refractivity contribution < 1.29 is 19.5 Å². The minimum atomic E-state index is -4.97. The molecule has 1 aromatic rings. The maximum Gasteiger partial charge on any atom is 2.00 e. The molecular weight excluding hydrogens is 315 g/mol. The predicted octanol–water partition coefficient (Wildman–Crippen LogP) is 2.21. The van der Waals surface area contributed by atoms with E-state index in [1.165, 1.54) is 24.3 Å². The second-order valence-electron chi connectivity index (χ2n) is 7.25. The van der Waals surface area contributed by atoms with Crippen LogP contribution in [0.2, 0.25) is 0 Å².